The first-order chi connectivity index (χ1) is 13.0. The van der Waals surface area contributed by atoms with Crippen molar-refractivity contribution >= 4 is 33.4 Å². The molecule has 0 N–H and O–H groups in total. The van der Waals surface area contributed by atoms with Crippen LogP contribution in [-0.2, 0) is 17.9 Å². The highest BCUT2D eigenvalue weighted by Crippen LogP contribution is 2.27. The first-order valence-corrected chi connectivity index (χ1v) is 9.55. The van der Waals surface area contributed by atoms with Gasteiger partial charge in [-0.25, -0.2) is 0 Å². The maximum atomic E-state index is 12.3. The van der Waals surface area contributed by atoms with Crippen molar-refractivity contribution in [2.24, 2.45) is 0 Å². The summed E-state index contributed by atoms with van der Waals surface area (Å²) in [6, 6.07) is 15.3. The minimum Gasteiger partial charge on any atom is -0.483 e. The maximum absolute atomic E-state index is 12.3. The van der Waals surface area contributed by atoms with Crippen molar-refractivity contribution in [3.63, 3.8) is 0 Å². The van der Waals surface area contributed by atoms with E-state index in [2.05, 4.69) is 33.2 Å². The van der Waals surface area contributed by atoms with Gasteiger partial charge in [-0.15, -0.1) is 0 Å². The number of benzene rings is 2. The molecular formula is C20H19BrClN3O2. The monoisotopic (exact) mass is 447 g/mol. The molecule has 1 aromatic heterocycles. The van der Waals surface area contributed by atoms with Crippen LogP contribution < -0.4 is 4.74 Å². The molecule has 0 saturated heterocycles. The number of carbonyl (C=O) groups excluding carboxylic acids is 1. The molecule has 1 amide bonds. The summed E-state index contributed by atoms with van der Waals surface area (Å²) in [4.78, 5) is 13.9. The molecule has 2 aromatic carbocycles. The van der Waals surface area contributed by atoms with Gasteiger partial charge < -0.3 is 9.64 Å². The summed E-state index contributed by atoms with van der Waals surface area (Å²) in [5.74, 6) is 0.462. The minimum absolute atomic E-state index is 0.0467. The summed E-state index contributed by atoms with van der Waals surface area (Å²) in [6.07, 6.45) is 3.73. The lowest BCUT2D eigenvalue weighted by Crippen LogP contribution is -2.30. The van der Waals surface area contributed by atoms with Crippen LogP contribution in [0.4, 0.5) is 0 Å². The Morgan fingerprint density at radius 2 is 2.00 bits per heavy atom. The normalized spacial score (nSPS) is 10.6. The van der Waals surface area contributed by atoms with Crippen molar-refractivity contribution in [1.82, 2.24) is 14.7 Å². The molecule has 3 rings (SSSR count). The molecule has 0 fully saturated rings. The van der Waals surface area contributed by atoms with E-state index in [4.69, 9.17) is 16.3 Å². The number of carbonyl (C=O) groups is 1. The summed E-state index contributed by atoms with van der Waals surface area (Å²) in [5.41, 5.74) is 2.15. The molecule has 0 bridgehead atoms. The number of likely N-dealkylation sites (N-methyl/N-ethyl adjacent to an activating group) is 1. The summed E-state index contributed by atoms with van der Waals surface area (Å²) >= 11 is 9.28. The molecule has 0 unspecified atom stereocenters. The Morgan fingerprint density at radius 1 is 1.22 bits per heavy atom. The van der Waals surface area contributed by atoms with E-state index in [1.807, 2.05) is 29.1 Å². The van der Waals surface area contributed by atoms with Crippen LogP contribution in [0.3, 0.4) is 0 Å². The van der Waals surface area contributed by atoms with Crippen molar-refractivity contribution in [3.05, 3.63) is 81.5 Å². The molecule has 27 heavy (non-hydrogen) atoms. The van der Waals surface area contributed by atoms with Crippen LogP contribution in [0.1, 0.15) is 11.1 Å². The highest BCUT2D eigenvalue weighted by molar-refractivity contribution is 9.10. The zero-order valence-corrected chi connectivity index (χ0v) is 17.2. The SMILES string of the molecule is CN(Cc1cnn(Cc2ccccc2)c1)C(=O)COc1ccc(Cl)cc1Br. The van der Waals surface area contributed by atoms with Crippen molar-refractivity contribution in [2.45, 2.75) is 13.1 Å². The van der Waals surface area contributed by atoms with Gasteiger partial charge >= 0.3 is 0 Å². The number of hydrogen-bond donors (Lipinski definition) is 0. The van der Waals surface area contributed by atoms with Gasteiger partial charge in [-0.05, 0) is 39.7 Å². The summed E-state index contributed by atoms with van der Waals surface area (Å²) < 4.78 is 8.16. The number of ether oxygens (including phenoxy) is 1. The van der Waals surface area contributed by atoms with Crippen LogP contribution in [-0.4, -0.2) is 34.2 Å². The summed E-state index contributed by atoms with van der Waals surface area (Å²) in [6.45, 7) is 1.12. The van der Waals surface area contributed by atoms with Gasteiger partial charge in [0, 0.05) is 30.4 Å². The van der Waals surface area contributed by atoms with Gasteiger partial charge in [0.15, 0.2) is 6.61 Å². The smallest absolute Gasteiger partial charge is 0.260 e. The van der Waals surface area contributed by atoms with Crippen molar-refractivity contribution in [2.75, 3.05) is 13.7 Å². The minimum atomic E-state index is -0.118. The molecular weight excluding hydrogens is 430 g/mol. The van der Waals surface area contributed by atoms with Gasteiger partial charge in [-0.1, -0.05) is 41.9 Å². The highest BCUT2D eigenvalue weighted by Gasteiger charge is 2.12. The van der Waals surface area contributed by atoms with Crippen LogP contribution >= 0.6 is 27.5 Å². The van der Waals surface area contributed by atoms with Gasteiger partial charge in [0.25, 0.3) is 5.91 Å². The van der Waals surface area contributed by atoms with E-state index in [-0.39, 0.29) is 12.5 Å². The van der Waals surface area contributed by atoms with E-state index in [0.29, 0.717) is 28.3 Å². The van der Waals surface area contributed by atoms with E-state index >= 15 is 0 Å². The summed E-state index contributed by atoms with van der Waals surface area (Å²) in [5, 5.41) is 4.97. The average Bonchev–Trinajstić information content (AvgIpc) is 3.08. The third kappa shape index (κ3) is 5.58. The molecule has 0 atom stereocenters. The number of rotatable bonds is 7. The fourth-order valence-electron chi connectivity index (χ4n) is 2.55. The zero-order chi connectivity index (χ0) is 19.2. The Kier molecular flexibility index (Phi) is 6.53. The topological polar surface area (TPSA) is 47.4 Å². The molecule has 0 spiro atoms. The van der Waals surface area contributed by atoms with E-state index in [0.717, 1.165) is 5.56 Å². The van der Waals surface area contributed by atoms with Crippen LogP contribution in [0.25, 0.3) is 0 Å². The third-order valence-corrected chi connectivity index (χ3v) is 4.82. The van der Waals surface area contributed by atoms with Crippen molar-refractivity contribution in [3.8, 4) is 5.75 Å². The lowest BCUT2D eigenvalue weighted by molar-refractivity contribution is -0.132. The number of hydrogen-bond acceptors (Lipinski definition) is 3. The fourth-order valence-corrected chi connectivity index (χ4v) is 3.35. The Balaban J connectivity index is 1.52. The van der Waals surface area contributed by atoms with E-state index in [1.54, 1.807) is 36.3 Å². The molecule has 0 radical (unpaired) electrons. The first-order valence-electron chi connectivity index (χ1n) is 8.38. The van der Waals surface area contributed by atoms with E-state index < -0.39 is 0 Å². The Morgan fingerprint density at radius 3 is 2.74 bits per heavy atom. The lowest BCUT2D eigenvalue weighted by Gasteiger charge is -2.17. The molecule has 7 heteroatoms. The molecule has 3 aromatic rings. The van der Waals surface area contributed by atoms with Crippen LogP contribution in [0.15, 0.2) is 65.4 Å². The van der Waals surface area contributed by atoms with E-state index in [9.17, 15) is 4.79 Å². The van der Waals surface area contributed by atoms with Crippen LogP contribution in [0.5, 0.6) is 5.75 Å². The molecule has 5 nitrogen and oxygen atoms in total. The Hall–Kier alpha value is -2.31. The predicted octanol–water partition coefficient (Wildman–Crippen LogP) is 4.38. The number of aromatic nitrogens is 2. The first kappa shape index (κ1) is 19.5. The number of amides is 1. The fraction of sp³-hybridized carbons (Fsp3) is 0.200. The van der Waals surface area contributed by atoms with Gasteiger partial charge in [0.1, 0.15) is 5.75 Å². The quantitative estimate of drug-likeness (QED) is 0.539. The molecule has 0 aliphatic carbocycles. The second-order valence-corrected chi connectivity index (χ2v) is 7.44. The second-order valence-electron chi connectivity index (χ2n) is 6.14. The third-order valence-electron chi connectivity index (χ3n) is 3.96. The second kappa shape index (κ2) is 9.06. The van der Waals surface area contributed by atoms with Crippen molar-refractivity contribution < 1.29 is 9.53 Å². The van der Waals surface area contributed by atoms with Gasteiger partial charge in [-0.3, -0.25) is 9.48 Å². The zero-order valence-electron chi connectivity index (χ0n) is 14.8. The number of halogens is 2. The van der Waals surface area contributed by atoms with Crippen LogP contribution in [0, 0.1) is 0 Å². The number of nitrogens with zero attached hydrogens (tertiary/aromatic N) is 3. The predicted molar refractivity (Wildman–Crippen MR) is 109 cm³/mol. The summed E-state index contributed by atoms with van der Waals surface area (Å²) in [7, 11) is 1.75. The molecule has 0 aliphatic rings. The van der Waals surface area contributed by atoms with E-state index in [1.165, 1.54) is 5.56 Å². The highest BCUT2D eigenvalue weighted by atomic mass is 79.9. The maximum Gasteiger partial charge on any atom is 0.260 e. The largest absolute Gasteiger partial charge is 0.483 e. The standard InChI is InChI=1S/C20H19BrClN3O2/c1-24(20(26)14-27-19-8-7-17(22)9-18(19)21)11-16-10-23-25(13-16)12-15-5-3-2-4-6-15/h2-10,13H,11-12,14H2,1H3. The van der Waals surface area contributed by atoms with Crippen LogP contribution in [0.2, 0.25) is 5.02 Å². The average molecular weight is 449 g/mol. The molecule has 140 valence electrons. The Labute approximate surface area is 171 Å². The molecule has 1 heterocycles. The van der Waals surface area contributed by atoms with Gasteiger partial charge in [0.2, 0.25) is 0 Å². The molecule has 0 saturated carbocycles. The van der Waals surface area contributed by atoms with Gasteiger partial charge in [-0.2, -0.15) is 5.10 Å². The molecule has 0 aliphatic heterocycles. The lowest BCUT2D eigenvalue weighted by atomic mass is 10.2. The van der Waals surface area contributed by atoms with Crippen molar-refractivity contribution in [1.29, 1.82) is 0 Å². The Bertz CT molecular complexity index is 915. The van der Waals surface area contributed by atoms with Gasteiger partial charge in [0.05, 0.1) is 17.2 Å².